The fraction of sp³-hybridized carbons (Fsp3) is 0.771. The number of ketones is 1. The van der Waals surface area contributed by atoms with Gasteiger partial charge in [0.2, 0.25) is 5.91 Å². The summed E-state index contributed by atoms with van der Waals surface area (Å²) in [6, 6.07) is 5.87. The molecule has 0 spiro atoms. The molecule has 9 atom stereocenters. The molecule has 0 aromatic carbocycles. The molecule has 5 aliphatic rings. The Labute approximate surface area is 347 Å². The van der Waals surface area contributed by atoms with Crippen LogP contribution in [0.3, 0.4) is 0 Å². The Bertz CT molecular complexity index is 1790. The minimum Gasteiger partial charge on any atom is -0.481 e. The Morgan fingerprint density at radius 3 is 2.28 bits per heavy atom. The quantitative estimate of drug-likeness (QED) is 0.190. The van der Waals surface area contributed by atoms with Crippen LogP contribution in [0.1, 0.15) is 139 Å². The van der Waals surface area contributed by atoms with E-state index in [1.807, 2.05) is 25.2 Å². The molecule has 2 unspecified atom stereocenters. The summed E-state index contributed by atoms with van der Waals surface area (Å²) < 4.78 is 6.19. The Morgan fingerprint density at radius 2 is 1.66 bits per heavy atom. The monoisotopic (exact) mass is 804 g/mol. The zero-order valence-corrected chi connectivity index (χ0v) is 37.5. The van der Waals surface area contributed by atoms with E-state index >= 15 is 0 Å². The molecule has 1 heterocycles. The molecule has 0 saturated heterocycles. The molecule has 0 bridgehead atoms. The van der Waals surface area contributed by atoms with Gasteiger partial charge in [-0.2, -0.15) is 0 Å². The number of aliphatic carboxylic acids is 1. The number of hydrogen-bond donors (Lipinski definition) is 2. The van der Waals surface area contributed by atoms with E-state index in [0.717, 1.165) is 62.6 Å². The number of carbonyl (C=O) groups excluding carboxylic acids is 3. The van der Waals surface area contributed by atoms with Gasteiger partial charge in [0.1, 0.15) is 6.10 Å². The van der Waals surface area contributed by atoms with Crippen LogP contribution in [0, 0.1) is 56.2 Å². The summed E-state index contributed by atoms with van der Waals surface area (Å²) >= 11 is 0. The number of aliphatic hydroxyl groups is 1. The van der Waals surface area contributed by atoms with E-state index in [1.165, 1.54) is 5.57 Å². The third-order valence-corrected chi connectivity index (χ3v) is 17.3. The van der Waals surface area contributed by atoms with Crippen LogP contribution in [0.15, 0.2) is 35.5 Å². The molecule has 10 nitrogen and oxygen atoms in total. The Kier molecular flexibility index (Phi) is 12.1. The van der Waals surface area contributed by atoms with Crippen LogP contribution >= 0.6 is 0 Å². The van der Waals surface area contributed by atoms with Crippen LogP contribution in [0.4, 0.5) is 0 Å². The van der Waals surface area contributed by atoms with Gasteiger partial charge in [-0.05, 0) is 123 Å². The maximum atomic E-state index is 14.3. The maximum Gasteiger partial charge on any atom is 0.309 e. The van der Waals surface area contributed by atoms with E-state index in [4.69, 9.17) is 4.74 Å². The number of aliphatic hydroxyl groups excluding tert-OH is 1. The Balaban J connectivity index is 1.29. The predicted octanol–water partition coefficient (Wildman–Crippen LogP) is 8.12. The van der Waals surface area contributed by atoms with Crippen LogP contribution in [0.25, 0.3) is 0 Å². The standard InChI is InChI=1S/C48H73N3O7/c1-30(2)40-34(53)26-48(37(54)29-51(25-24-50(11)31(3)52)28-32-14-12-13-23-49-32)22-21-46(9)33(41(40)48)15-16-36-45(8)19-18-38(58-39(55)27-43(4,5)42(56)57)44(6,7)35(45)17-20-47(36,46)10/h12-14,23,30,33,35-38,54H,15-22,24-29H2,1-11H3,(H,56,57)/t33-,35+,36-,37+,38?,45+,46-,47?,48+/m1/s1. The summed E-state index contributed by atoms with van der Waals surface area (Å²) in [5, 5.41) is 22.3. The average molecular weight is 804 g/mol. The number of amides is 1. The number of pyridine rings is 1. The number of likely N-dealkylation sites (N-methyl/N-ethyl adjacent to an activating group) is 1. The molecular formula is C48H73N3O7. The maximum absolute atomic E-state index is 14.3. The highest BCUT2D eigenvalue weighted by molar-refractivity contribution is 6.00. The van der Waals surface area contributed by atoms with Crippen LogP contribution in [-0.4, -0.2) is 87.5 Å². The van der Waals surface area contributed by atoms with Gasteiger partial charge in [-0.3, -0.25) is 29.1 Å². The fourth-order valence-corrected chi connectivity index (χ4v) is 13.7. The lowest BCUT2D eigenvalue weighted by molar-refractivity contribution is -0.235. The zero-order chi connectivity index (χ0) is 42.8. The molecule has 0 aliphatic heterocycles. The summed E-state index contributed by atoms with van der Waals surface area (Å²) in [5.41, 5.74) is 1.00. The number of carboxylic acid groups (broad SMARTS) is 1. The smallest absolute Gasteiger partial charge is 0.309 e. The van der Waals surface area contributed by atoms with Crippen molar-refractivity contribution >= 4 is 23.6 Å². The highest BCUT2D eigenvalue weighted by atomic mass is 16.5. The van der Waals surface area contributed by atoms with Gasteiger partial charge in [0, 0.05) is 63.6 Å². The second-order valence-corrected chi connectivity index (χ2v) is 21.6. The van der Waals surface area contributed by atoms with Crippen molar-refractivity contribution in [2.75, 3.05) is 26.7 Å². The minimum absolute atomic E-state index is 0.000758. The van der Waals surface area contributed by atoms with Gasteiger partial charge in [0.25, 0.3) is 0 Å². The predicted molar refractivity (Wildman–Crippen MR) is 224 cm³/mol. The van der Waals surface area contributed by atoms with Crippen LogP contribution < -0.4 is 0 Å². The Hall–Kier alpha value is -3.11. The topological polar surface area (TPSA) is 137 Å². The first kappa shape index (κ1) is 44.4. The molecule has 1 aromatic heterocycles. The first-order chi connectivity index (χ1) is 26.9. The first-order valence-corrected chi connectivity index (χ1v) is 22.2. The number of carboxylic acids is 1. The number of ether oxygens (including phenoxy) is 1. The van der Waals surface area contributed by atoms with E-state index in [9.17, 15) is 29.4 Å². The van der Waals surface area contributed by atoms with E-state index in [1.54, 1.807) is 31.9 Å². The molecule has 4 fully saturated rings. The second-order valence-electron chi connectivity index (χ2n) is 21.6. The largest absolute Gasteiger partial charge is 0.481 e. The van der Waals surface area contributed by atoms with Crippen molar-refractivity contribution in [1.82, 2.24) is 14.8 Å². The molecule has 322 valence electrons. The van der Waals surface area contributed by atoms with E-state index in [0.29, 0.717) is 44.4 Å². The second kappa shape index (κ2) is 15.7. The van der Waals surface area contributed by atoms with Crippen LogP contribution in [-0.2, 0) is 30.5 Å². The van der Waals surface area contributed by atoms with E-state index in [2.05, 4.69) is 58.4 Å². The molecule has 2 N–H and O–H groups in total. The van der Waals surface area contributed by atoms with Gasteiger partial charge in [-0.15, -0.1) is 0 Å². The molecule has 0 radical (unpaired) electrons. The zero-order valence-electron chi connectivity index (χ0n) is 37.5. The number of rotatable bonds is 13. The van der Waals surface area contributed by atoms with Gasteiger partial charge >= 0.3 is 11.9 Å². The summed E-state index contributed by atoms with van der Waals surface area (Å²) in [6.45, 7) is 23.2. The number of carbonyl (C=O) groups is 4. The lowest BCUT2D eigenvalue weighted by Crippen LogP contribution is -2.66. The lowest BCUT2D eigenvalue weighted by atomic mass is 9.33. The summed E-state index contributed by atoms with van der Waals surface area (Å²) in [5.74, 6) is -0.187. The number of hydrogen-bond acceptors (Lipinski definition) is 8. The Morgan fingerprint density at radius 1 is 0.948 bits per heavy atom. The van der Waals surface area contributed by atoms with Gasteiger partial charge < -0.3 is 19.8 Å². The molecule has 4 saturated carbocycles. The van der Waals surface area contributed by atoms with Crippen molar-refractivity contribution in [3.8, 4) is 0 Å². The number of esters is 1. The number of fused-ring (bicyclic) bond motifs is 7. The fourth-order valence-electron chi connectivity index (χ4n) is 13.7. The van der Waals surface area contributed by atoms with Gasteiger partial charge in [-0.1, -0.05) is 60.1 Å². The van der Waals surface area contributed by atoms with Crippen molar-refractivity contribution in [2.24, 2.45) is 56.2 Å². The van der Waals surface area contributed by atoms with Crippen molar-refractivity contribution in [2.45, 2.75) is 152 Å². The SMILES string of the molecule is CC(=O)N(C)CCN(Cc1ccccn1)C[C@H](O)[C@@]12CC[C@]3(C)[C@H](CC[C@H]4C3(C)CC[C@H]3C(C)(C)C(OC(=O)CC(C)(C)C(=O)O)CC[C@@]34C)C1=C(C(C)C)C(=O)C2. The minimum atomic E-state index is -1.18. The van der Waals surface area contributed by atoms with Crippen molar-refractivity contribution in [1.29, 1.82) is 0 Å². The molecular weight excluding hydrogens is 731 g/mol. The molecule has 1 aromatic rings. The lowest BCUT2D eigenvalue weighted by Gasteiger charge is -2.72. The molecule has 58 heavy (non-hydrogen) atoms. The van der Waals surface area contributed by atoms with Crippen LogP contribution in [0.5, 0.6) is 0 Å². The third-order valence-electron chi connectivity index (χ3n) is 17.3. The number of aromatic nitrogens is 1. The number of allylic oxidation sites excluding steroid dienone is 1. The normalized spacial score (nSPS) is 34.8. The van der Waals surface area contributed by atoms with Gasteiger partial charge in [0.05, 0.1) is 23.6 Å². The first-order valence-electron chi connectivity index (χ1n) is 22.2. The number of nitrogens with zero attached hydrogens (tertiary/aromatic N) is 3. The molecule has 6 rings (SSSR count). The molecule has 1 amide bonds. The summed E-state index contributed by atoms with van der Waals surface area (Å²) in [6.07, 6.45) is 8.50. The van der Waals surface area contributed by atoms with E-state index in [-0.39, 0.29) is 57.7 Å². The highest BCUT2D eigenvalue weighted by Crippen LogP contribution is 2.77. The van der Waals surface area contributed by atoms with Gasteiger partial charge in [-0.25, -0.2) is 0 Å². The van der Waals surface area contributed by atoms with E-state index < -0.39 is 28.9 Å². The number of Topliss-reactive ketones (excluding diaryl/α,β-unsaturated/α-hetero) is 1. The highest BCUT2D eigenvalue weighted by Gasteiger charge is 2.71. The summed E-state index contributed by atoms with van der Waals surface area (Å²) in [4.78, 5) is 60.0. The average Bonchev–Trinajstić information content (AvgIpc) is 3.45. The van der Waals surface area contributed by atoms with Crippen molar-refractivity contribution in [3.63, 3.8) is 0 Å². The third kappa shape index (κ3) is 7.38. The van der Waals surface area contributed by atoms with Crippen molar-refractivity contribution in [3.05, 3.63) is 41.2 Å². The molecule has 10 heteroatoms. The molecule has 5 aliphatic carbocycles. The van der Waals surface area contributed by atoms with Crippen LogP contribution in [0.2, 0.25) is 0 Å². The van der Waals surface area contributed by atoms with Crippen molar-refractivity contribution < 1.29 is 34.1 Å². The van der Waals surface area contributed by atoms with Gasteiger partial charge in [0.15, 0.2) is 5.78 Å². The summed E-state index contributed by atoms with van der Waals surface area (Å²) in [7, 11) is 1.81.